The molecule has 0 aliphatic heterocycles. The second-order valence-electron chi connectivity index (χ2n) is 4.02. The average molecular weight is 251 g/mol. The molecule has 0 aliphatic rings. The second kappa shape index (κ2) is 5.21. The minimum Gasteiger partial charge on any atom is -0.264 e. The van der Waals surface area contributed by atoms with Gasteiger partial charge in [-0.1, -0.05) is 30.3 Å². The Kier molecular flexibility index (Phi) is 3.65. The van der Waals surface area contributed by atoms with E-state index in [2.05, 4.69) is 4.98 Å². The van der Waals surface area contributed by atoms with Crippen LogP contribution in [0.1, 0.15) is 16.7 Å². The maximum atomic E-state index is 12.7. The summed E-state index contributed by atoms with van der Waals surface area (Å²) >= 11 is 0. The van der Waals surface area contributed by atoms with Crippen molar-refractivity contribution in [1.29, 1.82) is 0 Å². The topological polar surface area (TPSA) is 12.9 Å². The predicted octanol–water partition coefficient (Wildman–Crippen LogP) is 3.89. The maximum Gasteiger partial charge on any atom is 0.418 e. The van der Waals surface area contributed by atoms with Crippen LogP contribution in [-0.4, -0.2) is 4.98 Å². The lowest BCUT2D eigenvalue weighted by atomic mass is 10.0. The maximum absolute atomic E-state index is 12.7. The standard InChI is InChI=1S/C14H12F3N/c15-14(16,17)13-10-18-9-8-12(13)7-6-11-4-2-1-3-5-11/h1-5,8-10H,6-7H2. The molecule has 0 spiro atoms. The van der Waals surface area contributed by atoms with Gasteiger partial charge in [0.15, 0.2) is 0 Å². The molecule has 0 amide bonds. The quantitative estimate of drug-likeness (QED) is 0.806. The first kappa shape index (κ1) is 12.6. The monoisotopic (exact) mass is 251 g/mol. The van der Waals surface area contributed by atoms with E-state index in [-0.39, 0.29) is 0 Å². The van der Waals surface area contributed by atoms with Crippen molar-refractivity contribution in [2.75, 3.05) is 0 Å². The summed E-state index contributed by atoms with van der Waals surface area (Å²) in [7, 11) is 0. The van der Waals surface area contributed by atoms with Gasteiger partial charge in [0.05, 0.1) is 5.56 Å². The van der Waals surface area contributed by atoms with E-state index in [0.29, 0.717) is 18.4 Å². The molecule has 18 heavy (non-hydrogen) atoms. The van der Waals surface area contributed by atoms with E-state index in [1.807, 2.05) is 30.3 Å². The highest BCUT2D eigenvalue weighted by Crippen LogP contribution is 2.31. The summed E-state index contributed by atoms with van der Waals surface area (Å²) < 4.78 is 38.2. The van der Waals surface area contributed by atoms with Crippen molar-refractivity contribution in [3.8, 4) is 0 Å². The molecule has 0 N–H and O–H groups in total. The normalized spacial score (nSPS) is 11.5. The number of pyridine rings is 1. The summed E-state index contributed by atoms with van der Waals surface area (Å²) in [5, 5.41) is 0. The Morgan fingerprint density at radius 1 is 0.944 bits per heavy atom. The van der Waals surface area contributed by atoms with Crippen LogP contribution in [0.3, 0.4) is 0 Å². The highest BCUT2D eigenvalue weighted by Gasteiger charge is 2.33. The Bertz CT molecular complexity index is 506. The van der Waals surface area contributed by atoms with Crippen LogP contribution in [0.15, 0.2) is 48.8 Å². The fourth-order valence-electron chi connectivity index (χ4n) is 1.82. The first-order valence-corrected chi connectivity index (χ1v) is 5.61. The van der Waals surface area contributed by atoms with Crippen molar-refractivity contribution in [2.45, 2.75) is 19.0 Å². The van der Waals surface area contributed by atoms with Gasteiger partial charge in [0, 0.05) is 12.4 Å². The number of aromatic nitrogens is 1. The number of aryl methyl sites for hydroxylation is 2. The van der Waals surface area contributed by atoms with E-state index < -0.39 is 11.7 Å². The molecule has 2 rings (SSSR count). The summed E-state index contributed by atoms with van der Waals surface area (Å²) in [6.07, 6.45) is -1.09. The summed E-state index contributed by atoms with van der Waals surface area (Å²) in [6.45, 7) is 0. The van der Waals surface area contributed by atoms with Crippen molar-refractivity contribution in [2.24, 2.45) is 0 Å². The zero-order valence-electron chi connectivity index (χ0n) is 9.61. The molecule has 0 fully saturated rings. The van der Waals surface area contributed by atoms with Crippen LogP contribution in [0.4, 0.5) is 13.2 Å². The third-order valence-electron chi connectivity index (χ3n) is 2.74. The van der Waals surface area contributed by atoms with Crippen LogP contribution in [0, 0.1) is 0 Å². The zero-order chi connectivity index (χ0) is 13.0. The lowest BCUT2D eigenvalue weighted by molar-refractivity contribution is -0.138. The highest BCUT2D eigenvalue weighted by molar-refractivity contribution is 5.27. The first-order valence-electron chi connectivity index (χ1n) is 5.61. The Morgan fingerprint density at radius 2 is 1.67 bits per heavy atom. The van der Waals surface area contributed by atoms with Crippen molar-refractivity contribution in [1.82, 2.24) is 4.98 Å². The fraction of sp³-hybridized carbons (Fsp3) is 0.214. The van der Waals surface area contributed by atoms with Gasteiger partial charge in [-0.2, -0.15) is 13.2 Å². The molecular formula is C14H12F3N. The van der Waals surface area contributed by atoms with Crippen LogP contribution in [0.2, 0.25) is 0 Å². The van der Waals surface area contributed by atoms with Gasteiger partial charge in [-0.25, -0.2) is 0 Å². The third-order valence-corrected chi connectivity index (χ3v) is 2.74. The number of hydrogen-bond acceptors (Lipinski definition) is 1. The molecule has 0 bridgehead atoms. The largest absolute Gasteiger partial charge is 0.418 e. The van der Waals surface area contributed by atoms with Gasteiger partial charge in [-0.3, -0.25) is 4.98 Å². The van der Waals surface area contributed by atoms with E-state index >= 15 is 0 Å². The Hall–Kier alpha value is -1.84. The molecule has 0 saturated carbocycles. The van der Waals surface area contributed by atoms with Crippen LogP contribution >= 0.6 is 0 Å². The summed E-state index contributed by atoms with van der Waals surface area (Å²) in [4.78, 5) is 3.55. The number of alkyl halides is 3. The third kappa shape index (κ3) is 3.09. The lowest BCUT2D eigenvalue weighted by Gasteiger charge is -2.11. The summed E-state index contributed by atoms with van der Waals surface area (Å²) in [5.74, 6) is 0. The lowest BCUT2D eigenvalue weighted by Crippen LogP contribution is -2.10. The average Bonchev–Trinajstić information content (AvgIpc) is 2.37. The van der Waals surface area contributed by atoms with E-state index in [1.165, 1.54) is 12.3 Å². The van der Waals surface area contributed by atoms with Gasteiger partial charge in [0.1, 0.15) is 0 Å². The summed E-state index contributed by atoms with van der Waals surface area (Å²) in [6, 6.07) is 10.9. The van der Waals surface area contributed by atoms with Crippen LogP contribution in [0.5, 0.6) is 0 Å². The van der Waals surface area contributed by atoms with Gasteiger partial charge in [0.2, 0.25) is 0 Å². The van der Waals surface area contributed by atoms with Crippen molar-refractivity contribution >= 4 is 0 Å². The van der Waals surface area contributed by atoms with Gasteiger partial charge in [-0.15, -0.1) is 0 Å². The van der Waals surface area contributed by atoms with E-state index in [1.54, 1.807) is 0 Å². The van der Waals surface area contributed by atoms with Crippen molar-refractivity contribution in [3.05, 3.63) is 65.5 Å². The molecule has 2 aromatic rings. The van der Waals surface area contributed by atoms with E-state index in [0.717, 1.165) is 11.8 Å². The summed E-state index contributed by atoms with van der Waals surface area (Å²) in [5.41, 5.74) is 0.685. The molecule has 0 unspecified atom stereocenters. The molecule has 1 nitrogen and oxygen atoms in total. The molecule has 0 radical (unpaired) electrons. The molecule has 4 heteroatoms. The SMILES string of the molecule is FC(F)(F)c1cnccc1CCc1ccccc1. The molecule has 0 aliphatic carbocycles. The van der Waals surface area contributed by atoms with Gasteiger partial charge in [-0.05, 0) is 30.0 Å². The number of benzene rings is 1. The van der Waals surface area contributed by atoms with Crippen molar-refractivity contribution < 1.29 is 13.2 Å². The smallest absolute Gasteiger partial charge is 0.264 e. The number of rotatable bonds is 3. The predicted molar refractivity (Wildman–Crippen MR) is 63.1 cm³/mol. The van der Waals surface area contributed by atoms with Crippen LogP contribution < -0.4 is 0 Å². The van der Waals surface area contributed by atoms with Crippen molar-refractivity contribution in [3.63, 3.8) is 0 Å². The Balaban J connectivity index is 2.15. The Morgan fingerprint density at radius 3 is 2.33 bits per heavy atom. The van der Waals surface area contributed by atoms with Gasteiger partial charge < -0.3 is 0 Å². The number of halogens is 3. The van der Waals surface area contributed by atoms with Gasteiger partial charge in [0.25, 0.3) is 0 Å². The highest BCUT2D eigenvalue weighted by atomic mass is 19.4. The fourth-order valence-corrected chi connectivity index (χ4v) is 1.82. The van der Waals surface area contributed by atoms with E-state index in [4.69, 9.17) is 0 Å². The molecule has 0 saturated heterocycles. The molecule has 94 valence electrons. The molecule has 1 aromatic carbocycles. The molecule has 1 heterocycles. The second-order valence-corrected chi connectivity index (χ2v) is 4.02. The van der Waals surface area contributed by atoms with Crippen LogP contribution in [0.25, 0.3) is 0 Å². The minimum atomic E-state index is -4.33. The molecular weight excluding hydrogens is 239 g/mol. The van der Waals surface area contributed by atoms with Crippen LogP contribution in [-0.2, 0) is 19.0 Å². The zero-order valence-corrected chi connectivity index (χ0v) is 9.61. The Labute approximate surface area is 103 Å². The number of hydrogen-bond donors (Lipinski definition) is 0. The molecule has 0 atom stereocenters. The first-order chi connectivity index (χ1) is 8.57. The number of nitrogens with zero attached hydrogens (tertiary/aromatic N) is 1. The van der Waals surface area contributed by atoms with E-state index in [9.17, 15) is 13.2 Å². The minimum absolute atomic E-state index is 0.293. The molecule has 1 aromatic heterocycles. The van der Waals surface area contributed by atoms with Gasteiger partial charge >= 0.3 is 6.18 Å².